The van der Waals surface area contributed by atoms with Crippen LogP contribution in [-0.4, -0.2) is 8.42 Å². The monoisotopic (exact) mass is 200 g/mol. The molecule has 2 N–H and O–H groups in total. The highest BCUT2D eigenvalue weighted by Crippen LogP contribution is 2.25. The topological polar surface area (TPSA) is 89.6 Å². The smallest absolute Gasteiger partial charge is 0.225 e. The van der Waals surface area contributed by atoms with Gasteiger partial charge in [-0.3, -0.25) is 0 Å². The van der Waals surface area contributed by atoms with Gasteiger partial charge in [0.1, 0.15) is 10.6 Å². The predicted molar refractivity (Wildman–Crippen MR) is 48.0 cm³/mol. The number of rotatable bonds is 2. The van der Waals surface area contributed by atoms with Crippen LogP contribution in [0.25, 0.3) is 0 Å². The van der Waals surface area contributed by atoms with E-state index in [9.17, 15) is 13.3 Å². The van der Waals surface area contributed by atoms with E-state index in [0.29, 0.717) is 5.56 Å². The van der Waals surface area contributed by atoms with Crippen LogP contribution < -0.4 is 5.14 Å². The van der Waals surface area contributed by atoms with Gasteiger partial charge < -0.3 is 0 Å². The lowest BCUT2D eigenvalue weighted by molar-refractivity contribution is 0.597. The molecule has 1 aromatic rings. The zero-order chi connectivity index (χ0) is 10.1. The van der Waals surface area contributed by atoms with Gasteiger partial charge >= 0.3 is 0 Å². The first-order chi connectivity index (χ1) is 5.96. The van der Waals surface area contributed by atoms with E-state index >= 15 is 0 Å². The number of benzene rings is 1. The van der Waals surface area contributed by atoms with Crippen molar-refractivity contribution < 1.29 is 8.42 Å². The summed E-state index contributed by atoms with van der Waals surface area (Å²) in [5.41, 5.74) is 0.266. The molecule has 0 aliphatic rings. The van der Waals surface area contributed by atoms with E-state index in [1.807, 2.05) is 0 Å². The quantitative estimate of drug-likeness (QED) is 0.723. The predicted octanol–water partition coefficient (Wildman–Crippen LogP) is 1.04. The number of aryl methyl sites for hydroxylation is 1. The maximum atomic E-state index is 11.0. The Kier molecular flexibility index (Phi) is 2.44. The zero-order valence-corrected chi connectivity index (χ0v) is 7.71. The van der Waals surface area contributed by atoms with Crippen LogP contribution in [0.15, 0.2) is 28.3 Å². The van der Waals surface area contributed by atoms with E-state index in [1.165, 1.54) is 6.07 Å². The number of primary sulfonamides is 1. The van der Waals surface area contributed by atoms with Crippen LogP contribution in [0.4, 0.5) is 5.69 Å². The minimum Gasteiger partial charge on any atom is -0.225 e. The molecular formula is C7H8N2O3S. The molecule has 0 unspecified atom stereocenters. The second kappa shape index (κ2) is 3.23. The Hall–Kier alpha value is -1.27. The van der Waals surface area contributed by atoms with Gasteiger partial charge in [0.25, 0.3) is 0 Å². The van der Waals surface area contributed by atoms with Crippen molar-refractivity contribution in [2.45, 2.75) is 11.8 Å². The minimum atomic E-state index is -3.87. The molecule has 1 aromatic carbocycles. The van der Waals surface area contributed by atoms with Crippen LogP contribution in [0, 0.1) is 11.8 Å². The van der Waals surface area contributed by atoms with Crippen LogP contribution in [0.2, 0.25) is 0 Å². The summed E-state index contributed by atoms with van der Waals surface area (Å²) in [7, 11) is -3.87. The molecule has 0 heterocycles. The summed E-state index contributed by atoms with van der Waals surface area (Å²) in [4.78, 5) is 10.1. The lowest BCUT2D eigenvalue weighted by Gasteiger charge is -2.03. The Morgan fingerprint density at radius 2 is 2.00 bits per heavy atom. The van der Waals surface area contributed by atoms with E-state index in [0.717, 1.165) is 0 Å². The van der Waals surface area contributed by atoms with Crippen LogP contribution in [0.1, 0.15) is 5.56 Å². The number of hydrogen-bond acceptors (Lipinski definition) is 4. The summed E-state index contributed by atoms with van der Waals surface area (Å²) in [6.07, 6.45) is 0. The summed E-state index contributed by atoms with van der Waals surface area (Å²) in [5, 5.41) is 7.50. The maximum absolute atomic E-state index is 11.0. The fourth-order valence-electron chi connectivity index (χ4n) is 1.08. The van der Waals surface area contributed by atoms with Gasteiger partial charge in [-0.1, -0.05) is 12.1 Å². The first-order valence-corrected chi connectivity index (χ1v) is 4.97. The van der Waals surface area contributed by atoms with E-state index in [4.69, 9.17) is 5.14 Å². The van der Waals surface area contributed by atoms with Crippen molar-refractivity contribution in [3.05, 3.63) is 28.7 Å². The number of nitroso groups, excluding NO2 is 1. The average Bonchev–Trinajstić information content (AvgIpc) is 2.01. The SMILES string of the molecule is Cc1cccc(N=O)c1S(N)(=O)=O. The Morgan fingerprint density at radius 3 is 2.38 bits per heavy atom. The molecule has 0 aromatic heterocycles. The van der Waals surface area contributed by atoms with Gasteiger partial charge in [0.15, 0.2) is 0 Å². The molecule has 0 spiro atoms. The first kappa shape index (κ1) is 9.82. The largest absolute Gasteiger partial charge is 0.240 e. The van der Waals surface area contributed by atoms with E-state index in [2.05, 4.69) is 5.18 Å². The van der Waals surface area contributed by atoms with Crippen LogP contribution in [-0.2, 0) is 10.0 Å². The lowest BCUT2D eigenvalue weighted by atomic mass is 10.2. The molecule has 0 fully saturated rings. The summed E-state index contributed by atoms with van der Waals surface area (Å²) in [6, 6.07) is 4.40. The standard InChI is InChI=1S/C7H8N2O3S/c1-5-3-2-4-6(9-10)7(5)13(8,11)12/h2-4H,1H3,(H2,8,11,12). The lowest BCUT2D eigenvalue weighted by Crippen LogP contribution is -2.13. The fraction of sp³-hybridized carbons (Fsp3) is 0.143. The third-order valence-corrected chi connectivity index (χ3v) is 2.67. The summed E-state index contributed by atoms with van der Waals surface area (Å²) in [5.74, 6) is 0. The van der Waals surface area contributed by atoms with E-state index in [1.54, 1.807) is 19.1 Å². The van der Waals surface area contributed by atoms with Crippen LogP contribution >= 0.6 is 0 Å². The minimum absolute atomic E-state index is 0.150. The third kappa shape index (κ3) is 1.90. The van der Waals surface area contributed by atoms with Gasteiger partial charge in [-0.2, -0.15) is 0 Å². The highest BCUT2D eigenvalue weighted by atomic mass is 32.2. The molecule has 5 nitrogen and oxygen atoms in total. The van der Waals surface area contributed by atoms with Gasteiger partial charge in [-0.25, -0.2) is 13.6 Å². The van der Waals surface area contributed by atoms with E-state index in [-0.39, 0.29) is 10.6 Å². The second-order valence-electron chi connectivity index (χ2n) is 2.56. The van der Waals surface area contributed by atoms with Gasteiger partial charge in [-0.15, -0.1) is 4.91 Å². The van der Waals surface area contributed by atoms with Crippen molar-refractivity contribution in [2.24, 2.45) is 10.3 Å². The van der Waals surface area contributed by atoms with Crippen molar-refractivity contribution in [1.82, 2.24) is 0 Å². The Morgan fingerprint density at radius 1 is 1.38 bits per heavy atom. The molecule has 6 heteroatoms. The van der Waals surface area contributed by atoms with Crippen molar-refractivity contribution >= 4 is 15.7 Å². The normalized spacial score (nSPS) is 11.2. The molecule has 0 radical (unpaired) electrons. The van der Waals surface area contributed by atoms with Crippen molar-refractivity contribution in [1.29, 1.82) is 0 Å². The van der Waals surface area contributed by atoms with Gasteiger partial charge in [-0.05, 0) is 23.7 Å². The number of hydrogen-bond donors (Lipinski definition) is 1. The van der Waals surface area contributed by atoms with Crippen LogP contribution in [0.3, 0.4) is 0 Å². The summed E-state index contributed by atoms with van der Waals surface area (Å²) in [6.45, 7) is 1.55. The molecule has 0 aliphatic carbocycles. The second-order valence-corrected chi connectivity index (χ2v) is 4.06. The van der Waals surface area contributed by atoms with E-state index < -0.39 is 10.0 Å². The molecule has 0 saturated carbocycles. The first-order valence-electron chi connectivity index (χ1n) is 3.42. The molecule has 0 atom stereocenters. The van der Waals surface area contributed by atoms with Gasteiger partial charge in [0.05, 0.1) is 0 Å². The summed E-state index contributed by atoms with van der Waals surface area (Å²) < 4.78 is 22.0. The zero-order valence-electron chi connectivity index (χ0n) is 6.89. The summed E-state index contributed by atoms with van der Waals surface area (Å²) >= 11 is 0. The molecule has 13 heavy (non-hydrogen) atoms. The van der Waals surface area contributed by atoms with Crippen molar-refractivity contribution in [3.63, 3.8) is 0 Å². The maximum Gasteiger partial charge on any atom is 0.240 e. The van der Waals surface area contributed by atoms with Gasteiger partial charge in [0, 0.05) is 0 Å². The molecule has 0 bridgehead atoms. The van der Waals surface area contributed by atoms with Crippen molar-refractivity contribution in [2.75, 3.05) is 0 Å². The molecule has 70 valence electrons. The number of nitrogens with zero attached hydrogens (tertiary/aromatic N) is 1. The Labute approximate surface area is 75.6 Å². The number of nitrogens with two attached hydrogens (primary N) is 1. The highest BCUT2D eigenvalue weighted by Gasteiger charge is 2.16. The Bertz CT molecular complexity index is 439. The highest BCUT2D eigenvalue weighted by molar-refractivity contribution is 7.89. The molecule has 0 saturated heterocycles. The Balaban J connectivity index is 3.59. The van der Waals surface area contributed by atoms with Crippen molar-refractivity contribution in [3.8, 4) is 0 Å². The third-order valence-electron chi connectivity index (χ3n) is 1.57. The molecular weight excluding hydrogens is 192 g/mol. The fourth-order valence-corrected chi connectivity index (χ4v) is 1.99. The van der Waals surface area contributed by atoms with Crippen LogP contribution in [0.5, 0.6) is 0 Å². The molecule has 0 aliphatic heterocycles. The van der Waals surface area contributed by atoms with Gasteiger partial charge in [0.2, 0.25) is 10.0 Å². The molecule has 0 amide bonds. The number of sulfonamides is 1. The average molecular weight is 200 g/mol. The molecule has 1 rings (SSSR count).